The summed E-state index contributed by atoms with van der Waals surface area (Å²) in [6.45, 7) is 4.88. The van der Waals surface area contributed by atoms with Crippen LogP contribution < -0.4 is 14.8 Å². The molecule has 0 unspecified atom stereocenters. The maximum atomic E-state index is 11.8. The number of aromatic nitrogens is 1. The molecular weight excluding hydrogens is 338 g/mol. The fourth-order valence-corrected chi connectivity index (χ4v) is 3.29. The molecule has 0 aliphatic heterocycles. The Balaban J connectivity index is 2.03. The van der Waals surface area contributed by atoms with Crippen molar-refractivity contribution in [2.45, 2.75) is 26.4 Å². The molecule has 2 rings (SSSR count). The number of hydrogen-bond acceptors (Lipinski definition) is 6. The number of rotatable bonds is 8. The van der Waals surface area contributed by atoms with Crippen molar-refractivity contribution in [3.05, 3.63) is 28.6 Å². The quantitative estimate of drug-likeness (QED) is 0.781. The van der Waals surface area contributed by atoms with E-state index >= 15 is 0 Å². The number of amides is 1. The van der Waals surface area contributed by atoms with E-state index in [0.29, 0.717) is 24.6 Å². The Bertz CT molecular complexity index is 715. The van der Waals surface area contributed by atoms with E-state index in [2.05, 4.69) is 10.3 Å². The number of methoxy groups -OCH3 is 2. The molecule has 6 nitrogen and oxygen atoms in total. The molecule has 25 heavy (non-hydrogen) atoms. The third kappa shape index (κ3) is 5.44. The summed E-state index contributed by atoms with van der Waals surface area (Å²) < 4.78 is 10.6. The van der Waals surface area contributed by atoms with Crippen LogP contribution in [-0.4, -0.2) is 49.6 Å². The third-order valence-corrected chi connectivity index (χ3v) is 4.33. The van der Waals surface area contributed by atoms with Crippen LogP contribution >= 0.6 is 11.3 Å². The van der Waals surface area contributed by atoms with Gasteiger partial charge >= 0.3 is 0 Å². The molecule has 1 N–H and O–H groups in total. The van der Waals surface area contributed by atoms with E-state index in [0.717, 1.165) is 16.3 Å². The van der Waals surface area contributed by atoms with Crippen LogP contribution in [0.1, 0.15) is 18.9 Å². The van der Waals surface area contributed by atoms with Crippen LogP contribution in [0.3, 0.4) is 0 Å². The molecule has 0 atom stereocenters. The maximum Gasteiger partial charge on any atom is 0.234 e. The summed E-state index contributed by atoms with van der Waals surface area (Å²) >= 11 is 1.58. The summed E-state index contributed by atoms with van der Waals surface area (Å²) in [7, 11) is 5.15. The second-order valence-corrected chi connectivity index (χ2v) is 7.03. The molecule has 136 valence electrons. The number of nitrogens with one attached hydrogen (secondary N) is 1. The Hall–Kier alpha value is -2.12. The van der Waals surface area contributed by atoms with Crippen LogP contribution in [0.4, 0.5) is 0 Å². The normalized spacial score (nSPS) is 11.0. The first-order valence-electron chi connectivity index (χ1n) is 8.07. The minimum Gasteiger partial charge on any atom is -0.493 e. The van der Waals surface area contributed by atoms with Gasteiger partial charge in [0.15, 0.2) is 11.5 Å². The first-order valence-corrected chi connectivity index (χ1v) is 8.95. The lowest BCUT2D eigenvalue weighted by atomic mass is 10.1. The predicted molar refractivity (Wildman–Crippen MR) is 100 cm³/mol. The lowest BCUT2D eigenvalue weighted by Gasteiger charge is -2.16. The van der Waals surface area contributed by atoms with Crippen molar-refractivity contribution in [2.75, 3.05) is 27.8 Å². The van der Waals surface area contributed by atoms with Gasteiger partial charge in [-0.05, 0) is 39.1 Å². The SMILES string of the molecule is COc1ccc(-c2csc(CN(C)CC(=O)NC(C)C)n2)cc1OC. The topological polar surface area (TPSA) is 63.7 Å². The van der Waals surface area contributed by atoms with Gasteiger partial charge in [-0.15, -0.1) is 11.3 Å². The summed E-state index contributed by atoms with van der Waals surface area (Å²) in [5.74, 6) is 1.39. The highest BCUT2D eigenvalue weighted by Crippen LogP contribution is 2.32. The van der Waals surface area contributed by atoms with E-state index in [9.17, 15) is 4.79 Å². The molecule has 1 amide bonds. The lowest BCUT2D eigenvalue weighted by Crippen LogP contribution is -2.38. The molecule has 2 aromatic rings. The average Bonchev–Trinajstić information content (AvgIpc) is 3.01. The van der Waals surface area contributed by atoms with Gasteiger partial charge in [0.05, 0.1) is 33.0 Å². The zero-order valence-corrected chi connectivity index (χ0v) is 16.1. The van der Waals surface area contributed by atoms with Crippen molar-refractivity contribution < 1.29 is 14.3 Å². The molecule has 0 fully saturated rings. The highest BCUT2D eigenvalue weighted by molar-refractivity contribution is 7.09. The standard InChI is InChI=1S/C18H25N3O3S/c1-12(2)19-17(22)9-21(3)10-18-20-14(11-25-18)13-6-7-15(23-4)16(8-13)24-5/h6-8,11-12H,9-10H2,1-5H3,(H,19,22). The van der Waals surface area contributed by atoms with Gasteiger partial charge < -0.3 is 14.8 Å². The molecule has 0 bridgehead atoms. The van der Waals surface area contributed by atoms with E-state index < -0.39 is 0 Å². The van der Waals surface area contributed by atoms with Gasteiger partial charge in [0.25, 0.3) is 0 Å². The van der Waals surface area contributed by atoms with Crippen molar-refractivity contribution in [1.29, 1.82) is 0 Å². The number of carbonyl (C=O) groups is 1. The van der Waals surface area contributed by atoms with Crippen molar-refractivity contribution in [1.82, 2.24) is 15.2 Å². The summed E-state index contributed by atoms with van der Waals surface area (Å²) in [5, 5.41) is 5.87. The number of likely N-dealkylation sites (N-methyl/N-ethyl adjacent to an activating group) is 1. The van der Waals surface area contributed by atoms with Gasteiger partial charge in [-0.2, -0.15) is 0 Å². The second kappa shape index (κ2) is 8.82. The highest BCUT2D eigenvalue weighted by Gasteiger charge is 2.12. The Morgan fingerprint density at radius 2 is 2.00 bits per heavy atom. The van der Waals surface area contributed by atoms with Crippen molar-refractivity contribution in [2.24, 2.45) is 0 Å². The monoisotopic (exact) mass is 363 g/mol. The van der Waals surface area contributed by atoms with E-state index in [-0.39, 0.29) is 11.9 Å². The van der Waals surface area contributed by atoms with E-state index in [1.165, 1.54) is 0 Å². The Labute approximate surface area is 152 Å². The number of benzene rings is 1. The number of nitrogens with zero attached hydrogens (tertiary/aromatic N) is 2. The largest absolute Gasteiger partial charge is 0.493 e. The summed E-state index contributed by atoms with van der Waals surface area (Å²) in [4.78, 5) is 18.4. The second-order valence-electron chi connectivity index (χ2n) is 6.09. The molecule has 1 aromatic heterocycles. The van der Waals surface area contributed by atoms with E-state index in [1.54, 1.807) is 25.6 Å². The predicted octanol–water partition coefficient (Wildman–Crippen LogP) is 2.78. The molecule has 0 spiro atoms. The summed E-state index contributed by atoms with van der Waals surface area (Å²) in [6.07, 6.45) is 0. The maximum absolute atomic E-state index is 11.8. The smallest absolute Gasteiger partial charge is 0.234 e. The zero-order valence-electron chi connectivity index (χ0n) is 15.3. The van der Waals surface area contributed by atoms with Crippen LogP contribution in [0.5, 0.6) is 11.5 Å². The third-order valence-electron chi connectivity index (χ3n) is 3.50. The zero-order chi connectivity index (χ0) is 18.4. The molecule has 0 aliphatic carbocycles. The van der Waals surface area contributed by atoms with Gasteiger partial charge in [-0.3, -0.25) is 9.69 Å². The molecule has 1 heterocycles. The summed E-state index contributed by atoms with van der Waals surface area (Å²) in [5.41, 5.74) is 1.86. The average molecular weight is 363 g/mol. The number of hydrogen-bond donors (Lipinski definition) is 1. The van der Waals surface area contributed by atoms with Gasteiger partial charge in [-0.1, -0.05) is 0 Å². The van der Waals surface area contributed by atoms with Crippen molar-refractivity contribution in [3.8, 4) is 22.8 Å². The van der Waals surface area contributed by atoms with Crippen LogP contribution in [-0.2, 0) is 11.3 Å². The van der Waals surface area contributed by atoms with Gasteiger partial charge in [0, 0.05) is 17.0 Å². The minimum atomic E-state index is 0.0224. The Kier molecular flexibility index (Phi) is 6.78. The minimum absolute atomic E-state index is 0.0224. The molecular formula is C18H25N3O3S. The van der Waals surface area contributed by atoms with E-state index in [1.807, 2.05) is 49.4 Å². The molecule has 0 aliphatic rings. The molecule has 7 heteroatoms. The van der Waals surface area contributed by atoms with E-state index in [4.69, 9.17) is 9.47 Å². The molecule has 0 saturated carbocycles. The number of ether oxygens (including phenoxy) is 2. The van der Waals surface area contributed by atoms with Gasteiger partial charge in [0.1, 0.15) is 5.01 Å². The fourth-order valence-electron chi connectivity index (χ4n) is 2.41. The number of thiazole rings is 1. The van der Waals surface area contributed by atoms with Gasteiger partial charge in [0.2, 0.25) is 5.91 Å². The van der Waals surface area contributed by atoms with Crippen LogP contribution in [0, 0.1) is 0 Å². The number of carbonyl (C=O) groups excluding carboxylic acids is 1. The van der Waals surface area contributed by atoms with Crippen LogP contribution in [0.15, 0.2) is 23.6 Å². The van der Waals surface area contributed by atoms with Crippen LogP contribution in [0.25, 0.3) is 11.3 Å². The first-order chi connectivity index (χ1) is 11.9. The van der Waals surface area contributed by atoms with Crippen molar-refractivity contribution in [3.63, 3.8) is 0 Å². The first kappa shape index (κ1) is 19.2. The van der Waals surface area contributed by atoms with Gasteiger partial charge in [-0.25, -0.2) is 4.98 Å². The fraction of sp³-hybridized carbons (Fsp3) is 0.444. The Morgan fingerprint density at radius 3 is 2.64 bits per heavy atom. The van der Waals surface area contributed by atoms with Crippen molar-refractivity contribution >= 4 is 17.2 Å². The Morgan fingerprint density at radius 1 is 1.28 bits per heavy atom. The van der Waals surface area contributed by atoms with Crippen LogP contribution in [0.2, 0.25) is 0 Å². The highest BCUT2D eigenvalue weighted by atomic mass is 32.1. The molecule has 1 aromatic carbocycles. The molecule has 0 saturated heterocycles. The molecule has 0 radical (unpaired) electrons. The lowest BCUT2D eigenvalue weighted by molar-refractivity contribution is -0.122. The summed E-state index contributed by atoms with van der Waals surface area (Å²) in [6, 6.07) is 5.89.